The third kappa shape index (κ3) is 5.27. The van der Waals surface area contributed by atoms with Crippen LogP contribution >= 0.6 is 0 Å². The topological polar surface area (TPSA) is 82.9 Å². The lowest BCUT2D eigenvalue weighted by atomic mass is 9.98. The monoisotopic (exact) mass is 539 g/mol. The number of aromatic amines is 1. The van der Waals surface area contributed by atoms with Crippen LogP contribution in [0.25, 0.3) is 10.9 Å². The van der Waals surface area contributed by atoms with Gasteiger partial charge in [0.15, 0.2) is 5.82 Å². The van der Waals surface area contributed by atoms with Crippen molar-refractivity contribution in [2.45, 2.75) is 51.9 Å². The molecule has 11 heteroatoms. The highest BCUT2D eigenvalue weighted by Crippen LogP contribution is 2.34. The fourth-order valence-electron chi connectivity index (χ4n) is 5.11. The maximum atomic E-state index is 13.5. The predicted molar refractivity (Wildman–Crippen MR) is 144 cm³/mol. The van der Waals surface area contributed by atoms with Crippen LogP contribution in [-0.4, -0.2) is 56.3 Å². The molecule has 2 aromatic heterocycles. The Morgan fingerprint density at radius 3 is 2.46 bits per heavy atom. The first-order valence-corrected chi connectivity index (χ1v) is 13.1. The zero-order valence-electron chi connectivity index (χ0n) is 22.5. The van der Waals surface area contributed by atoms with E-state index in [9.17, 15) is 18.0 Å². The number of nitrogens with zero attached hydrogens (tertiary/aromatic N) is 6. The quantitative estimate of drug-likeness (QED) is 0.376. The number of hydrogen-bond donors (Lipinski definition) is 1. The van der Waals surface area contributed by atoms with Crippen molar-refractivity contribution in [3.8, 4) is 0 Å². The molecule has 3 heterocycles. The second-order valence-electron chi connectivity index (χ2n) is 10.7. The van der Waals surface area contributed by atoms with E-state index in [1.165, 1.54) is 12.1 Å². The lowest BCUT2D eigenvalue weighted by Crippen LogP contribution is -2.49. The van der Waals surface area contributed by atoms with Crippen molar-refractivity contribution < 1.29 is 13.2 Å². The zero-order valence-corrected chi connectivity index (χ0v) is 22.5. The van der Waals surface area contributed by atoms with E-state index in [0.717, 1.165) is 29.0 Å². The molecular weight excluding hydrogens is 507 g/mol. The van der Waals surface area contributed by atoms with Gasteiger partial charge in [-0.3, -0.25) is 9.69 Å². The summed E-state index contributed by atoms with van der Waals surface area (Å²) in [6.07, 6.45) is -3.63. The van der Waals surface area contributed by atoms with Gasteiger partial charge in [0, 0.05) is 42.9 Å². The molecule has 1 fully saturated rings. The van der Waals surface area contributed by atoms with Crippen LogP contribution in [0.3, 0.4) is 0 Å². The average Bonchev–Trinajstić information content (AvgIpc) is 3.40. The van der Waals surface area contributed by atoms with E-state index in [2.05, 4.69) is 32.3 Å². The highest BCUT2D eigenvalue weighted by molar-refractivity contribution is 5.79. The molecule has 1 aliphatic rings. The highest BCUT2D eigenvalue weighted by Gasteiger charge is 2.36. The number of fused-ring (bicyclic) bond motifs is 1. The minimum atomic E-state index is -4.40. The number of aromatic nitrogens is 5. The van der Waals surface area contributed by atoms with Gasteiger partial charge in [-0.1, -0.05) is 24.6 Å². The number of anilines is 1. The zero-order chi connectivity index (χ0) is 27.9. The summed E-state index contributed by atoms with van der Waals surface area (Å²) >= 11 is 0. The van der Waals surface area contributed by atoms with E-state index < -0.39 is 23.3 Å². The molecule has 1 atom stereocenters. The van der Waals surface area contributed by atoms with Gasteiger partial charge in [-0.2, -0.15) is 13.2 Å². The third-order valence-corrected chi connectivity index (χ3v) is 7.72. The number of nitrogens with one attached hydrogen (secondary N) is 1. The van der Waals surface area contributed by atoms with Crippen molar-refractivity contribution in [3.63, 3.8) is 0 Å². The summed E-state index contributed by atoms with van der Waals surface area (Å²) in [5.41, 5.74) is 1.59. The number of tetrazole rings is 1. The molecule has 0 aliphatic carbocycles. The summed E-state index contributed by atoms with van der Waals surface area (Å²) in [5.74, 6) is 0.562. The van der Waals surface area contributed by atoms with E-state index in [1.54, 1.807) is 10.7 Å². The van der Waals surface area contributed by atoms with Crippen LogP contribution in [0.2, 0.25) is 0 Å². The number of benzene rings is 2. The number of rotatable bonds is 6. The number of hydrogen-bond acceptors (Lipinski definition) is 6. The van der Waals surface area contributed by atoms with Crippen molar-refractivity contribution in [1.29, 1.82) is 0 Å². The Balaban J connectivity index is 1.53. The van der Waals surface area contributed by atoms with Gasteiger partial charge in [0.05, 0.1) is 11.1 Å². The summed E-state index contributed by atoms with van der Waals surface area (Å²) in [5, 5.41) is 13.6. The predicted octanol–water partition coefficient (Wildman–Crippen LogP) is 4.90. The molecule has 39 heavy (non-hydrogen) atoms. The van der Waals surface area contributed by atoms with E-state index in [1.807, 2.05) is 49.9 Å². The van der Waals surface area contributed by atoms with Gasteiger partial charge in [-0.05, 0) is 79.4 Å². The van der Waals surface area contributed by atoms with Gasteiger partial charge >= 0.3 is 6.18 Å². The van der Waals surface area contributed by atoms with Gasteiger partial charge in [0.1, 0.15) is 6.04 Å². The third-order valence-electron chi connectivity index (χ3n) is 7.72. The average molecular weight is 540 g/mol. The molecule has 1 N–H and O–H groups in total. The maximum absolute atomic E-state index is 13.5. The van der Waals surface area contributed by atoms with Gasteiger partial charge in [-0.25, -0.2) is 4.68 Å². The first-order valence-electron chi connectivity index (χ1n) is 13.1. The van der Waals surface area contributed by atoms with Crippen LogP contribution in [0.1, 0.15) is 55.7 Å². The molecule has 0 saturated carbocycles. The van der Waals surface area contributed by atoms with Crippen LogP contribution in [0.4, 0.5) is 18.9 Å². The van der Waals surface area contributed by atoms with Crippen LogP contribution in [0.15, 0.2) is 53.3 Å². The molecule has 2 aromatic carbocycles. The summed E-state index contributed by atoms with van der Waals surface area (Å²) in [4.78, 5) is 20.6. The molecule has 8 nitrogen and oxygen atoms in total. The molecule has 0 spiro atoms. The van der Waals surface area contributed by atoms with Crippen LogP contribution in [0.5, 0.6) is 0 Å². The number of alkyl halides is 3. The molecule has 0 amide bonds. The summed E-state index contributed by atoms with van der Waals surface area (Å²) in [6, 6.07) is 12.6. The first-order chi connectivity index (χ1) is 18.5. The Hall–Kier alpha value is -3.73. The SMILES string of the molecule is CCC(C)(C)n1nnnc1[C@@H](c1cc2cc(C)ccc2[nH]c1=O)N1CCN(c2cccc(C(F)(F)F)c2)CC1. The second kappa shape index (κ2) is 10.1. The van der Waals surface area contributed by atoms with Crippen LogP contribution in [-0.2, 0) is 11.7 Å². The molecule has 1 aliphatic heterocycles. The Morgan fingerprint density at radius 1 is 1.03 bits per heavy atom. The number of H-pyrrole nitrogens is 1. The van der Waals surface area contributed by atoms with Crippen molar-refractivity contribution in [3.05, 3.63) is 81.4 Å². The van der Waals surface area contributed by atoms with Gasteiger partial charge in [-0.15, -0.1) is 5.10 Å². The number of aryl methyl sites for hydroxylation is 1. The largest absolute Gasteiger partial charge is 0.416 e. The number of piperazine rings is 1. The molecule has 206 valence electrons. The number of halogens is 3. The Morgan fingerprint density at radius 2 is 1.77 bits per heavy atom. The van der Waals surface area contributed by atoms with E-state index in [4.69, 9.17) is 0 Å². The first kappa shape index (κ1) is 26.9. The fraction of sp³-hybridized carbons (Fsp3) is 0.429. The van der Waals surface area contributed by atoms with Gasteiger partial charge < -0.3 is 9.88 Å². The van der Waals surface area contributed by atoms with Crippen LogP contribution in [0, 0.1) is 6.92 Å². The molecule has 0 bridgehead atoms. The van der Waals surface area contributed by atoms with Crippen molar-refractivity contribution >= 4 is 16.6 Å². The van der Waals surface area contributed by atoms with Crippen LogP contribution < -0.4 is 10.5 Å². The Labute approximate surface area is 224 Å². The number of pyridine rings is 1. The second-order valence-corrected chi connectivity index (χ2v) is 10.7. The molecule has 1 saturated heterocycles. The molecule has 5 rings (SSSR count). The summed E-state index contributed by atoms with van der Waals surface area (Å²) < 4.78 is 41.7. The maximum Gasteiger partial charge on any atom is 0.416 e. The Bertz CT molecular complexity index is 1530. The summed E-state index contributed by atoms with van der Waals surface area (Å²) in [7, 11) is 0. The molecule has 4 aromatic rings. The standard InChI is InChI=1S/C28H32F3N7O/c1-5-27(3,4)38-25(33-34-35-38)24(22-16-19-15-18(2)9-10-23(19)32-26(22)39)37-13-11-36(12-14-37)21-8-6-7-20(17-21)28(29,30)31/h6-10,15-17,24H,5,11-14H2,1-4H3,(H,32,39)/t24-/m1/s1. The van der Waals surface area contributed by atoms with E-state index in [-0.39, 0.29) is 5.56 Å². The molecule has 0 radical (unpaired) electrons. The van der Waals surface area contributed by atoms with Gasteiger partial charge in [0.2, 0.25) is 0 Å². The van der Waals surface area contributed by atoms with Crippen molar-refractivity contribution in [2.75, 3.05) is 31.1 Å². The van der Waals surface area contributed by atoms with E-state index in [0.29, 0.717) is 43.3 Å². The van der Waals surface area contributed by atoms with Crippen molar-refractivity contribution in [1.82, 2.24) is 30.1 Å². The van der Waals surface area contributed by atoms with Gasteiger partial charge in [0.25, 0.3) is 5.56 Å². The normalized spacial score (nSPS) is 16.1. The molecule has 0 unspecified atom stereocenters. The van der Waals surface area contributed by atoms with E-state index >= 15 is 0 Å². The van der Waals surface area contributed by atoms with Crippen molar-refractivity contribution in [2.24, 2.45) is 0 Å². The smallest absolute Gasteiger partial charge is 0.369 e. The lowest BCUT2D eigenvalue weighted by Gasteiger charge is -2.40. The highest BCUT2D eigenvalue weighted by atomic mass is 19.4. The summed E-state index contributed by atoms with van der Waals surface area (Å²) in [6.45, 7) is 10.1. The lowest BCUT2D eigenvalue weighted by molar-refractivity contribution is -0.137. The minimum absolute atomic E-state index is 0.222. The fourth-order valence-corrected chi connectivity index (χ4v) is 5.11. The Kier molecular flexibility index (Phi) is 6.96. The molecular formula is C28H32F3N7O. The minimum Gasteiger partial charge on any atom is -0.369 e.